The van der Waals surface area contributed by atoms with E-state index in [2.05, 4.69) is 4.98 Å². The first-order valence-electron chi connectivity index (χ1n) is 4.21. The van der Waals surface area contributed by atoms with E-state index in [0.29, 0.717) is 5.69 Å². The van der Waals surface area contributed by atoms with Crippen LogP contribution in [0.15, 0.2) is 28.9 Å². The zero-order valence-electron chi connectivity index (χ0n) is 7.58. The molecule has 0 aliphatic carbocycles. The van der Waals surface area contributed by atoms with Gasteiger partial charge in [-0.3, -0.25) is 0 Å². The van der Waals surface area contributed by atoms with Gasteiger partial charge in [-0.15, -0.1) is 0 Å². The number of halogens is 2. The van der Waals surface area contributed by atoms with Crippen LogP contribution >= 0.6 is 0 Å². The lowest BCUT2D eigenvalue weighted by molar-refractivity contribution is 0.276. The van der Waals surface area contributed by atoms with Crippen molar-refractivity contribution in [3.63, 3.8) is 0 Å². The van der Waals surface area contributed by atoms with Crippen LogP contribution in [0.25, 0.3) is 11.5 Å². The Bertz CT molecular complexity index is 462. The molecule has 15 heavy (non-hydrogen) atoms. The highest BCUT2D eigenvalue weighted by molar-refractivity contribution is 5.53. The molecule has 1 heterocycles. The van der Waals surface area contributed by atoms with Gasteiger partial charge in [0.1, 0.15) is 23.6 Å². The van der Waals surface area contributed by atoms with Crippen molar-refractivity contribution in [1.29, 1.82) is 0 Å². The summed E-state index contributed by atoms with van der Waals surface area (Å²) in [5, 5.41) is 8.74. The third kappa shape index (κ3) is 2.02. The van der Waals surface area contributed by atoms with Crippen LogP contribution in [0.2, 0.25) is 0 Å². The second-order valence-corrected chi connectivity index (χ2v) is 2.96. The lowest BCUT2D eigenvalue weighted by Gasteiger charge is -1.96. The quantitative estimate of drug-likeness (QED) is 0.827. The van der Waals surface area contributed by atoms with Crippen LogP contribution in [0.1, 0.15) is 5.69 Å². The van der Waals surface area contributed by atoms with E-state index in [-0.39, 0.29) is 18.1 Å². The molecule has 0 unspecified atom stereocenters. The van der Waals surface area contributed by atoms with Crippen LogP contribution in [0.4, 0.5) is 8.78 Å². The Morgan fingerprint density at radius 2 is 1.87 bits per heavy atom. The Kier molecular flexibility index (Phi) is 2.47. The maximum Gasteiger partial charge on any atom is 0.226 e. The highest BCUT2D eigenvalue weighted by Crippen LogP contribution is 2.20. The predicted octanol–water partition coefficient (Wildman–Crippen LogP) is 2.11. The molecule has 0 radical (unpaired) electrons. The van der Waals surface area contributed by atoms with Crippen molar-refractivity contribution in [3.05, 3.63) is 41.8 Å². The zero-order valence-corrected chi connectivity index (χ0v) is 7.58. The minimum absolute atomic E-state index is 0.0810. The van der Waals surface area contributed by atoms with Gasteiger partial charge in [0.2, 0.25) is 5.89 Å². The fourth-order valence-corrected chi connectivity index (χ4v) is 1.19. The first-order chi connectivity index (χ1) is 7.19. The maximum absolute atomic E-state index is 12.8. The molecule has 78 valence electrons. The summed E-state index contributed by atoms with van der Waals surface area (Å²) < 4.78 is 30.6. The first-order valence-corrected chi connectivity index (χ1v) is 4.21. The molecular formula is C10H7F2NO2. The molecule has 0 spiro atoms. The van der Waals surface area contributed by atoms with Crippen molar-refractivity contribution in [2.45, 2.75) is 6.61 Å². The Labute approximate surface area is 84.0 Å². The van der Waals surface area contributed by atoms with E-state index in [4.69, 9.17) is 9.52 Å². The molecule has 0 fully saturated rings. The van der Waals surface area contributed by atoms with Crippen molar-refractivity contribution >= 4 is 0 Å². The molecule has 0 saturated heterocycles. The normalized spacial score (nSPS) is 10.6. The van der Waals surface area contributed by atoms with Crippen LogP contribution in [0.3, 0.4) is 0 Å². The van der Waals surface area contributed by atoms with E-state index in [1.165, 1.54) is 6.26 Å². The fourth-order valence-electron chi connectivity index (χ4n) is 1.19. The average Bonchev–Trinajstić information content (AvgIpc) is 2.64. The molecule has 0 amide bonds. The summed E-state index contributed by atoms with van der Waals surface area (Å²) in [6.07, 6.45) is 1.23. The molecule has 0 aliphatic heterocycles. The van der Waals surface area contributed by atoms with Gasteiger partial charge in [0.15, 0.2) is 0 Å². The Morgan fingerprint density at radius 1 is 1.20 bits per heavy atom. The van der Waals surface area contributed by atoms with Gasteiger partial charge in [0, 0.05) is 11.6 Å². The van der Waals surface area contributed by atoms with Gasteiger partial charge in [0.25, 0.3) is 0 Å². The third-order valence-electron chi connectivity index (χ3n) is 1.82. The SMILES string of the molecule is OCc1coc(-c2cc(F)cc(F)c2)n1. The van der Waals surface area contributed by atoms with Gasteiger partial charge in [0.05, 0.1) is 6.61 Å². The summed E-state index contributed by atoms with van der Waals surface area (Å²) in [6.45, 7) is -0.276. The molecule has 2 rings (SSSR count). The number of benzene rings is 1. The number of oxazole rings is 1. The molecule has 5 heteroatoms. The van der Waals surface area contributed by atoms with Crippen LogP contribution in [0.5, 0.6) is 0 Å². The molecule has 0 saturated carbocycles. The summed E-state index contributed by atoms with van der Waals surface area (Å²) in [5.74, 6) is -1.32. The second kappa shape index (κ2) is 3.78. The standard InChI is InChI=1S/C10H7F2NO2/c11-7-1-6(2-8(12)3-7)10-13-9(4-14)5-15-10/h1-3,5,14H,4H2. The molecule has 3 nitrogen and oxygen atoms in total. The summed E-state index contributed by atoms with van der Waals surface area (Å²) in [7, 11) is 0. The monoisotopic (exact) mass is 211 g/mol. The lowest BCUT2D eigenvalue weighted by atomic mass is 10.2. The van der Waals surface area contributed by atoms with Crippen molar-refractivity contribution in [3.8, 4) is 11.5 Å². The van der Waals surface area contributed by atoms with Crippen molar-refractivity contribution in [2.75, 3.05) is 0 Å². The number of aliphatic hydroxyl groups excluding tert-OH is 1. The van der Waals surface area contributed by atoms with Crippen molar-refractivity contribution < 1.29 is 18.3 Å². The van der Waals surface area contributed by atoms with E-state index < -0.39 is 11.6 Å². The molecule has 1 N–H and O–H groups in total. The van der Waals surface area contributed by atoms with Crippen molar-refractivity contribution in [1.82, 2.24) is 4.98 Å². The molecule has 1 aromatic heterocycles. The number of aromatic nitrogens is 1. The Morgan fingerprint density at radius 3 is 2.40 bits per heavy atom. The van der Waals surface area contributed by atoms with E-state index >= 15 is 0 Å². The van der Waals surface area contributed by atoms with Gasteiger partial charge in [-0.05, 0) is 12.1 Å². The lowest BCUT2D eigenvalue weighted by Crippen LogP contribution is -1.86. The van der Waals surface area contributed by atoms with Gasteiger partial charge in [-0.2, -0.15) is 0 Å². The topological polar surface area (TPSA) is 46.3 Å². The van der Waals surface area contributed by atoms with E-state index in [0.717, 1.165) is 18.2 Å². The van der Waals surface area contributed by atoms with E-state index in [1.54, 1.807) is 0 Å². The van der Waals surface area contributed by atoms with E-state index in [1.807, 2.05) is 0 Å². The van der Waals surface area contributed by atoms with Gasteiger partial charge in [-0.25, -0.2) is 13.8 Å². The molecule has 0 aliphatic rings. The fraction of sp³-hybridized carbons (Fsp3) is 0.100. The summed E-state index contributed by atoms with van der Waals surface area (Å²) in [6, 6.07) is 2.98. The summed E-state index contributed by atoms with van der Waals surface area (Å²) in [4.78, 5) is 3.83. The van der Waals surface area contributed by atoms with Crippen LogP contribution in [0, 0.1) is 11.6 Å². The number of hydrogen-bond donors (Lipinski definition) is 1. The van der Waals surface area contributed by atoms with Gasteiger partial charge >= 0.3 is 0 Å². The summed E-state index contributed by atoms with van der Waals surface area (Å²) in [5.41, 5.74) is 0.516. The largest absolute Gasteiger partial charge is 0.444 e. The second-order valence-electron chi connectivity index (χ2n) is 2.96. The molecular weight excluding hydrogens is 204 g/mol. The minimum Gasteiger partial charge on any atom is -0.444 e. The zero-order chi connectivity index (χ0) is 10.8. The molecule has 0 atom stereocenters. The molecule has 2 aromatic rings. The molecule has 0 bridgehead atoms. The Balaban J connectivity index is 2.44. The van der Waals surface area contributed by atoms with Gasteiger partial charge in [-0.1, -0.05) is 0 Å². The van der Waals surface area contributed by atoms with E-state index in [9.17, 15) is 8.78 Å². The Hall–Kier alpha value is -1.75. The van der Waals surface area contributed by atoms with Crippen LogP contribution in [-0.4, -0.2) is 10.1 Å². The predicted molar refractivity (Wildman–Crippen MR) is 47.8 cm³/mol. The highest BCUT2D eigenvalue weighted by atomic mass is 19.1. The number of hydrogen-bond acceptors (Lipinski definition) is 3. The average molecular weight is 211 g/mol. The van der Waals surface area contributed by atoms with Crippen molar-refractivity contribution in [2.24, 2.45) is 0 Å². The first kappa shape index (κ1) is 9.79. The van der Waals surface area contributed by atoms with Gasteiger partial charge < -0.3 is 9.52 Å². The van der Waals surface area contributed by atoms with Crippen LogP contribution in [-0.2, 0) is 6.61 Å². The summed E-state index contributed by atoms with van der Waals surface area (Å²) >= 11 is 0. The maximum atomic E-state index is 12.8. The number of rotatable bonds is 2. The number of aliphatic hydroxyl groups is 1. The smallest absolute Gasteiger partial charge is 0.226 e. The number of nitrogens with zero attached hydrogens (tertiary/aromatic N) is 1. The molecule has 1 aromatic carbocycles. The highest BCUT2D eigenvalue weighted by Gasteiger charge is 2.08. The third-order valence-corrected chi connectivity index (χ3v) is 1.82. The van der Waals surface area contributed by atoms with Crippen LogP contribution < -0.4 is 0 Å². The minimum atomic E-state index is -0.700.